The molecular formula is C16H21FN4O4. The van der Waals surface area contributed by atoms with Crippen molar-refractivity contribution in [3.63, 3.8) is 0 Å². The number of ether oxygens (including phenoxy) is 2. The lowest BCUT2D eigenvalue weighted by atomic mass is 9.78. The number of hydrogen-bond donors (Lipinski definition) is 1. The molecule has 3 rings (SSSR count). The summed E-state index contributed by atoms with van der Waals surface area (Å²) < 4.78 is 24.3. The van der Waals surface area contributed by atoms with E-state index in [9.17, 15) is 14.3 Å². The Morgan fingerprint density at radius 1 is 1.40 bits per heavy atom. The number of carbonyl (C=O) groups is 1. The minimum absolute atomic E-state index is 0.0306. The number of methoxy groups -OCH3 is 2. The van der Waals surface area contributed by atoms with Crippen LogP contribution in [0.15, 0.2) is 6.20 Å². The second kappa shape index (κ2) is 6.91. The molecule has 0 atom stereocenters. The van der Waals surface area contributed by atoms with Gasteiger partial charge in [-0.25, -0.2) is 18.9 Å². The van der Waals surface area contributed by atoms with E-state index >= 15 is 0 Å². The third-order valence-electron chi connectivity index (χ3n) is 4.90. The summed E-state index contributed by atoms with van der Waals surface area (Å²) in [5.41, 5.74) is -0.523. The van der Waals surface area contributed by atoms with Crippen LogP contribution >= 0.6 is 0 Å². The van der Waals surface area contributed by atoms with Gasteiger partial charge in [-0.15, -0.1) is 0 Å². The van der Waals surface area contributed by atoms with Crippen LogP contribution in [-0.4, -0.2) is 57.3 Å². The van der Waals surface area contributed by atoms with Crippen molar-refractivity contribution >= 4 is 17.0 Å². The summed E-state index contributed by atoms with van der Waals surface area (Å²) in [6.07, 6.45) is 3.62. The van der Waals surface area contributed by atoms with Crippen molar-refractivity contribution in [1.82, 2.24) is 19.7 Å². The molecule has 2 aromatic heterocycles. The minimum atomic E-state index is -0.937. The number of nitrogens with zero attached hydrogens (tertiary/aromatic N) is 4. The van der Waals surface area contributed by atoms with Crippen molar-refractivity contribution < 1.29 is 23.8 Å². The molecule has 0 spiro atoms. The highest BCUT2D eigenvalue weighted by molar-refractivity contribution is 5.80. The highest BCUT2D eigenvalue weighted by Gasteiger charge is 2.44. The zero-order valence-electron chi connectivity index (χ0n) is 14.2. The average Bonchev–Trinajstić information content (AvgIpc) is 3.05. The van der Waals surface area contributed by atoms with Gasteiger partial charge >= 0.3 is 5.97 Å². The van der Waals surface area contributed by atoms with Gasteiger partial charge in [0, 0.05) is 13.0 Å². The van der Waals surface area contributed by atoms with Gasteiger partial charge in [-0.05, 0) is 25.7 Å². The first-order valence-electron chi connectivity index (χ1n) is 8.16. The maximum Gasteiger partial charge on any atom is 0.338 e. The fourth-order valence-corrected chi connectivity index (χ4v) is 3.40. The molecule has 0 aromatic carbocycles. The molecule has 136 valence electrons. The van der Waals surface area contributed by atoms with Gasteiger partial charge in [0.2, 0.25) is 5.88 Å². The van der Waals surface area contributed by atoms with E-state index in [1.165, 1.54) is 25.1 Å². The Balaban J connectivity index is 1.86. The lowest BCUT2D eigenvalue weighted by Crippen LogP contribution is -2.44. The summed E-state index contributed by atoms with van der Waals surface area (Å²) in [5, 5.41) is 14.6. The Hall–Kier alpha value is -2.29. The van der Waals surface area contributed by atoms with Crippen LogP contribution in [0.3, 0.4) is 0 Å². The molecule has 2 aromatic rings. The molecule has 1 aliphatic carbocycles. The summed E-state index contributed by atoms with van der Waals surface area (Å²) in [7, 11) is 2.84. The number of aromatic nitrogens is 4. The first-order chi connectivity index (χ1) is 12.0. The fourth-order valence-electron chi connectivity index (χ4n) is 3.40. The molecular weight excluding hydrogens is 331 g/mol. The summed E-state index contributed by atoms with van der Waals surface area (Å²) in [5.74, 6) is -0.104. The van der Waals surface area contributed by atoms with Crippen molar-refractivity contribution in [1.29, 1.82) is 0 Å². The Bertz CT molecular complexity index is 771. The third kappa shape index (κ3) is 3.04. The van der Waals surface area contributed by atoms with E-state index in [-0.39, 0.29) is 24.3 Å². The first kappa shape index (κ1) is 17.5. The maximum atomic E-state index is 12.6. The highest BCUT2D eigenvalue weighted by Crippen LogP contribution is 2.40. The monoisotopic (exact) mass is 352 g/mol. The third-order valence-corrected chi connectivity index (χ3v) is 4.90. The largest absolute Gasteiger partial charge is 0.493 e. The van der Waals surface area contributed by atoms with E-state index in [2.05, 4.69) is 15.1 Å². The average molecular weight is 352 g/mol. The Morgan fingerprint density at radius 2 is 2.12 bits per heavy atom. The second-order valence-corrected chi connectivity index (χ2v) is 6.16. The molecule has 1 N–H and O–H groups in total. The Morgan fingerprint density at radius 3 is 2.72 bits per heavy atom. The van der Waals surface area contributed by atoms with Crippen LogP contribution in [0.1, 0.15) is 37.4 Å². The number of alkyl halides is 1. The van der Waals surface area contributed by atoms with Crippen molar-refractivity contribution in [2.24, 2.45) is 0 Å². The Kier molecular flexibility index (Phi) is 4.85. The molecule has 0 radical (unpaired) electrons. The smallest absolute Gasteiger partial charge is 0.338 e. The molecule has 9 heteroatoms. The second-order valence-electron chi connectivity index (χ2n) is 6.16. The highest BCUT2D eigenvalue weighted by atomic mass is 19.1. The number of fused-ring (bicyclic) bond motifs is 1. The molecule has 0 bridgehead atoms. The molecule has 1 aliphatic rings. The van der Waals surface area contributed by atoms with Gasteiger partial charge in [-0.1, -0.05) is 0 Å². The van der Waals surface area contributed by atoms with E-state index in [4.69, 9.17) is 9.47 Å². The standard InChI is InChI=1S/C16H21FN4O4/c1-24-15(23)16(25-2)5-3-10(4-6-16)12-19-13-11(14(22)20-12)9-18-21(13)8-7-17/h9-10H,3-8H2,1-2H3,(H,19,20,22). The van der Waals surface area contributed by atoms with Crippen LogP contribution in [0.5, 0.6) is 5.88 Å². The zero-order valence-corrected chi connectivity index (χ0v) is 14.2. The molecule has 0 aliphatic heterocycles. The fraction of sp³-hybridized carbons (Fsp3) is 0.625. The predicted octanol–water partition coefficient (Wildman–Crippen LogP) is 1.72. The molecule has 0 unspecified atom stereocenters. The zero-order chi connectivity index (χ0) is 18.0. The summed E-state index contributed by atoms with van der Waals surface area (Å²) in [6.45, 7) is -0.505. The van der Waals surface area contributed by atoms with Crippen molar-refractivity contribution in [3.8, 4) is 5.88 Å². The summed E-state index contributed by atoms with van der Waals surface area (Å²) in [6, 6.07) is 0. The quantitative estimate of drug-likeness (QED) is 0.818. The van der Waals surface area contributed by atoms with E-state index in [1.807, 2.05) is 0 Å². The van der Waals surface area contributed by atoms with E-state index in [0.717, 1.165) is 0 Å². The molecule has 2 heterocycles. The molecule has 8 nitrogen and oxygen atoms in total. The van der Waals surface area contributed by atoms with Gasteiger partial charge in [0.1, 0.15) is 17.9 Å². The summed E-state index contributed by atoms with van der Waals surface area (Å²) in [4.78, 5) is 20.7. The van der Waals surface area contributed by atoms with Gasteiger partial charge in [0.25, 0.3) is 0 Å². The number of halogens is 1. The van der Waals surface area contributed by atoms with Gasteiger partial charge < -0.3 is 14.6 Å². The normalized spacial score (nSPS) is 23.7. The molecule has 25 heavy (non-hydrogen) atoms. The van der Waals surface area contributed by atoms with Crippen LogP contribution in [0, 0.1) is 0 Å². The van der Waals surface area contributed by atoms with E-state index in [1.54, 1.807) is 0 Å². The number of rotatable bonds is 5. The number of carbonyl (C=O) groups excluding carboxylic acids is 1. The van der Waals surface area contributed by atoms with Crippen molar-refractivity contribution in [2.75, 3.05) is 20.9 Å². The van der Waals surface area contributed by atoms with Crippen LogP contribution in [0.25, 0.3) is 11.0 Å². The van der Waals surface area contributed by atoms with Crippen LogP contribution in [0.4, 0.5) is 4.39 Å². The van der Waals surface area contributed by atoms with Gasteiger partial charge in [-0.3, -0.25) is 0 Å². The van der Waals surface area contributed by atoms with E-state index in [0.29, 0.717) is 42.5 Å². The number of esters is 1. The lowest BCUT2D eigenvalue weighted by molar-refractivity contribution is -0.170. The van der Waals surface area contributed by atoms with E-state index < -0.39 is 12.3 Å². The molecule has 0 amide bonds. The number of hydrogen-bond acceptors (Lipinski definition) is 7. The molecule has 1 fully saturated rings. The minimum Gasteiger partial charge on any atom is -0.493 e. The van der Waals surface area contributed by atoms with Crippen molar-refractivity contribution in [3.05, 3.63) is 12.0 Å². The molecule has 1 saturated carbocycles. The Labute approximate surface area is 144 Å². The maximum absolute atomic E-state index is 12.6. The van der Waals surface area contributed by atoms with Gasteiger partial charge in [0.05, 0.1) is 19.9 Å². The van der Waals surface area contributed by atoms with Crippen molar-refractivity contribution in [2.45, 2.75) is 43.7 Å². The first-order valence-corrected chi connectivity index (χ1v) is 8.16. The van der Waals surface area contributed by atoms with Crippen LogP contribution in [-0.2, 0) is 20.8 Å². The SMILES string of the molecule is COC(=O)C1(OC)CCC(c2nc(O)c3cnn(CCF)c3n2)CC1. The lowest BCUT2D eigenvalue weighted by Gasteiger charge is -2.36. The number of aryl methyl sites for hydroxylation is 1. The van der Waals surface area contributed by atoms with Gasteiger partial charge in [-0.2, -0.15) is 10.1 Å². The van der Waals surface area contributed by atoms with Gasteiger partial charge in [0.15, 0.2) is 11.2 Å². The number of aromatic hydroxyl groups is 1. The molecule has 0 saturated heterocycles. The topological polar surface area (TPSA) is 99.4 Å². The summed E-state index contributed by atoms with van der Waals surface area (Å²) >= 11 is 0. The predicted molar refractivity (Wildman–Crippen MR) is 85.9 cm³/mol. The van der Waals surface area contributed by atoms with Crippen LogP contribution < -0.4 is 0 Å². The van der Waals surface area contributed by atoms with Crippen LogP contribution in [0.2, 0.25) is 0 Å².